The second-order valence-electron chi connectivity index (χ2n) is 0.766. The SMILES string of the molecule is [Cu].c1cn[nH]c1. The van der Waals surface area contributed by atoms with E-state index in [4.69, 9.17) is 0 Å². The molecule has 6 heavy (non-hydrogen) atoms. The van der Waals surface area contributed by atoms with Crippen LogP contribution in [-0.4, -0.2) is 10.2 Å². The maximum Gasteiger partial charge on any atom is 0.0487 e. The summed E-state index contributed by atoms with van der Waals surface area (Å²) in [4.78, 5) is 0. The van der Waals surface area contributed by atoms with Gasteiger partial charge >= 0.3 is 0 Å². The van der Waals surface area contributed by atoms with Gasteiger partial charge < -0.3 is 0 Å². The topological polar surface area (TPSA) is 28.7 Å². The van der Waals surface area contributed by atoms with E-state index in [1.165, 1.54) is 0 Å². The molecule has 1 rings (SSSR count). The number of hydrogen-bond donors (Lipinski definition) is 1. The van der Waals surface area contributed by atoms with E-state index in [0.29, 0.717) is 0 Å². The molecule has 3 heteroatoms. The second-order valence-corrected chi connectivity index (χ2v) is 0.766. The van der Waals surface area contributed by atoms with Gasteiger partial charge in [-0.3, -0.25) is 5.10 Å². The minimum Gasteiger partial charge on any atom is -0.286 e. The fourth-order valence-corrected chi connectivity index (χ4v) is 0.215. The van der Waals surface area contributed by atoms with Crippen molar-refractivity contribution in [2.45, 2.75) is 0 Å². The smallest absolute Gasteiger partial charge is 0.0487 e. The minimum atomic E-state index is 0. The van der Waals surface area contributed by atoms with Crippen molar-refractivity contribution in [2.24, 2.45) is 0 Å². The zero-order chi connectivity index (χ0) is 3.54. The number of nitrogens with one attached hydrogen (secondary N) is 1. The van der Waals surface area contributed by atoms with Crippen LogP contribution in [0.3, 0.4) is 0 Å². The first kappa shape index (κ1) is 5.73. The quantitative estimate of drug-likeness (QED) is 0.508. The Morgan fingerprint density at radius 3 is 2.50 bits per heavy atom. The van der Waals surface area contributed by atoms with Crippen LogP contribution in [0.2, 0.25) is 0 Å². The van der Waals surface area contributed by atoms with E-state index in [1.54, 1.807) is 12.4 Å². The van der Waals surface area contributed by atoms with E-state index in [9.17, 15) is 0 Å². The second kappa shape index (κ2) is 2.94. The van der Waals surface area contributed by atoms with Crippen molar-refractivity contribution in [1.82, 2.24) is 10.2 Å². The molecular weight excluding hydrogens is 128 g/mol. The van der Waals surface area contributed by atoms with Crippen molar-refractivity contribution in [1.29, 1.82) is 0 Å². The van der Waals surface area contributed by atoms with Gasteiger partial charge in [0.05, 0.1) is 0 Å². The normalized spacial score (nSPS) is 6.67. The zero-order valence-corrected chi connectivity index (χ0v) is 3.92. The summed E-state index contributed by atoms with van der Waals surface area (Å²) in [7, 11) is 0. The van der Waals surface area contributed by atoms with E-state index >= 15 is 0 Å². The van der Waals surface area contributed by atoms with Gasteiger partial charge in [0, 0.05) is 29.5 Å². The summed E-state index contributed by atoms with van der Waals surface area (Å²) in [5.74, 6) is 0. The van der Waals surface area contributed by atoms with E-state index in [1.807, 2.05) is 6.07 Å². The van der Waals surface area contributed by atoms with Crippen LogP contribution in [0.15, 0.2) is 18.5 Å². The molecule has 1 aromatic heterocycles. The molecule has 1 N–H and O–H groups in total. The summed E-state index contributed by atoms with van der Waals surface area (Å²) in [5.41, 5.74) is 0. The van der Waals surface area contributed by atoms with E-state index in [2.05, 4.69) is 10.2 Å². The molecule has 37 valence electrons. The van der Waals surface area contributed by atoms with Crippen LogP contribution in [0, 0.1) is 0 Å². The summed E-state index contributed by atoms with van der Waals surface area (Å²) >= 11 is 0. The fourth-order valence-electron chi connectivity index (χ4n) is 0.215. The van der Waals surface area contributed by atoms with Crippen molar-refractivity contribution >= 4 is 0 Å². The van der Waals surface area contributed by atoms with Gasteiger partial charge in [0.15, 0.2) is 0 Å². The molecule has 1 aromatic rings. The van der Waals surface area contributed by atoms with E-state index < -0.39 is 0 Å². The number of aromatic nitrogens is 2. The van der Waals surface area contributed by atoms with Crippen molar-refractivity contribution in [3.63, 3.8) is 0 Å². The molecule has 1 heterocycles. The van der Waals surface area contributed by atoms with Gasteiger partial charge in [-0.25, -0.2) is 0 Å². The summed E-state index contributed by atoms with van der Waals surface area (Å²) in [6.45, 7) is 0. The van der Waals surface area contributed by atoms with Crippen LogP contribution >= 0.6 is 0 Å². The third-order valence-corrected chi connectivity index (χ3v) is 0.406. The minimum absolute atomic E-state index is 0. The fraction of sp³-hybridized carbons (Fsp3) is 0. The Hall–Kier alpha value is -0.271. The molecule has 0 amide bonds. The maximum atomic E-state index is 3.60. The van der Waals surface area contributed by atoms with E-state index in [0.717, 1.165) is 0 Å². The molecule has 0 aliphatic heterocycles. The standard InChI is InChI=1S/C3H4N2.Cu/c1-2-4-5-3-1;/h1-3H,(H,4,5);. The monoisotopic (exact) mass is 131 g/mol. The number of aromatic amines is 1. The molecule has 0 spiro atoms. The van der Waals surface area contributed by atoms with Gasteiger partial charge in [0.1, 0.15) is 0 Å². The average Bonchev–Trinajstić information content (AvgIpc) is 1.76. The van der Waals surface area contributed by atoms with Crippen molar-refractivity contribution < 1.29 is 17.1 Å². The Bertz CT molecular complexity index is 65.3. The average molecular weight is 132 g/mol. The summed E-state index contributed by atoms with van der Waals surface area (Å²) in [6.07, 6.45) is 3.46. The van der Waals surface area contributed by atoms with Crippen LogP contribution in [0.4, 0.5) is 0 Å². The molecule has 0 saturated heterocycles. The first-order valence-corrected chi connectivity index (χ1v) is 1.44. The predicted molar refractivity (Wildman–Crippen MR) is 18.6 cm³/mol. The molecule has 1 radical (unpaired) electrons. The van der Waals surface area contributed by atoms with Crippen molar-refractivity contribution in [2.75, 3.05) is 0 Å². The molecule has 0 unspecified atom stereocenters. The third kappa shape index (κ3) is 1.24. The number of hydrogen-bond acceptors (Lipinski definition) is 1. The zero-order valence-electron chi connectivity index (χ0n) is 2.98. The predicted octanol–water partition coefficient (Wildman–Crippen LogP) is 0.407. The number of H-pyrrole nitrogens is 1. The Kier molecular flexibility index (Phi) is 2.81. The number of rotatable bonds is 0. The van der Waals surface area contributed by atoms with Crippen molar-refractivity contribution in [3.05, 3.63) is 18.5 Å². The molecule has 0 atom stereocenters. The third-order valence-electron chi connectivity index (χ3n) is 0.406. The number of nitrogens with zero attached hydrogens (tertiary/aromatic N) is 1. The van der Waals surface area contributed by atoms with Crippen LogP contribution < -0.4 is 0 Å². The van der Waals surface area contributed by atoms with Crippen LogP contribution in [-0.2, 0) is 17.1 Å². The summed E-state index contributed by atoms with van der Waals surface area (Å²) in [5, 5.41) is 6.21. The van der Waals surface area contributed by atoms with Gasteiger partial charge in [0.25, 0.3) is 0 Å². The van der Waals surface area contributed by atoms with E-state index in [-0.39, 0.29) is 17.1 Å². The Morgan fingerprint density at radius 2 is 2.33 bits per heavy atom. The molecule has 0 aliphatic rings. The van der Waals surface area contributed by atoms with Crippen LogP contribution in [0.1, 0.15) is 0 Å². The largest absolute Gasteiger partial charge is 0.286 e. The van der Waals surface area contributed by atoms with Crippen LogP contribution in [0.25, 0.3) is 0 Å². The molecule has 0 aliphatic carbocycles. The Morgan fingerprint density at radius 1 is 1.50 bits per heavy atom. The molecule has 0 bridgehead atoms. The maximum absolute atomic E-state index is 3.60. The first-order valence-electron chi connectivity index (χ1n) is 1.44. The van der Waals surface area contributed by atoms with Gasteiger partial charge in [-0.15, -0.1) is 0 Å². The molecule has 0 fully saturated rings. The van der Waals surface area contributed by atoms with Gasteiger partial charge in [-0.1, -0.05) is 0 Å². The van der Waals surface area contributed by atoms with Gasteiger partial charge in [0.2, 0.25) is 0 Å². The molecule has 0 saturated carbocycles. The summed E-state index contributed by atoms with van der Waals surface area (Å²) in [6, 6.07) is 1.83. The Labute approximate surface area is 46.4 Å². The van der Waals surface area contributed by atoms with Crippen LogP contribution in [0.5, 0.6) is 0 Å². The van der Waals surface area contributed by atoms with Gasteiger partial charge in [-0.05, 0) is 6.07 Å². The first-order chi connectivity index (χ1) is 2.50. The summed E-state index contributed by atoms with van der Waals surface area (Å²) < 4.78 is 0. The molecule has 0 aromatic carbocycles. The molecular formula is C3H4CuN2. The van der Waals surface area contributed by atoms with Gasteiger partial charge in [-0.2, -0.15) is 5.10 Å². The Balaban J connectivity index is 0.000000250. The van der Waals surface area contributed by atoms with Crippen molar-refractivity contribution in [3.8, 4) is 0 Å². The molecule has 2 nitrogen and oxygen atoms in total.